The van der Waals surface area contributed by atoms with Crippen LogP contribution in [0.1, 0.15) is 5.69 Å². The van der Waals surface area contributed by atoms with Gasteiger partial charge in [-0.05, 0) is 24.3 Å². The SMILES string of the molecule is Nn1c(SCc2csc(-c3ccccc3)n2)nnc1-c1ccc(F)cc1. The van der Waals surface area contributed by atoms with Crippen LogP contribution in [0, 0.1) is 5.82 Å². The zero-order valence-electron chi connectivity index (χ0n) is 13.5. The van der Waals surface area contributed by atoms with Gasteiger partial charge in [-0.1, -0.05) is 42.1 Å². The Morgan fingerprint density at radius 3 is 2.54 bits per heavy atom. The van der Waals surface area contributed by atoms with Crippen LogP contribution in [0.5, 0.6) is 0 Å². The molecule has 0 amide bonds. The summed E-state index contributed by atoms with van der Waals surface area (Å²) in [5.41, 5.74) is 2.78. The molecule has 0 aliphatic heterocycles. The second kappa shape index (κ2) is 7.27. The van der Waals surface area contributed by atoms with E-state index in [-0.39, 0.29) is 5.82 Å². The maximum absolute atomic E-state index is 13.1. The van der Waals surface area contributed by atoms with Crippen molar-refractivity contribution in [1.82, 2.24) is 19.9 Å². The third-order valence-corrected chi connectivity index (χ3v) is 5.61. The van der Waals surface area contributed by atoms with E-state index in [2.05, 4.69) is 15.2 Å². The van der Waals surface area contributed by atoms with E-state index >= 15 is 0 Å². The standard InChI is InChI=1S/C18H14FN5S2/c19-14-8-6-12(7-9-14)16-22-23-18(24(16)20)26-11-15-10-25-17(21-15)13-4-2-1-3-5-13/h1-10H,11,20H2. The van der Waals surface area contributed by atoms with Gasteiger partial charge in [-0.3, -0.25) is 0 Å². The Morgan fingerprint density at radius 2 is 1.77 bits per heavy atom. The van der Waals surface area contributed by atoms with Crippen molar-refractivity contribution >= 4 is 23.1 Å². The van der Waals surface area contributed by atoms with Crippen LogP contribution in [0.25, 0.3) is 22.0 Å². The number of nitrogens with zero attached hydrogens (tertiary/aromatic N) is 4. The molecule has 2 N–H and O–H groups in total. The van der Waals surface area contributed by atoms with Crippen molar-refractivity contribution < 1.29 is 4.39 Å². The summed E-state index contributed by atoms with van der Waals surface area (Å²) in [5.74, 6) is 6.93. The number of benzene rings is 2. The third-order valence-electron chi connectivity index (χ3n) is 3.69. The number of rotatable bonds is 5. The number of thioether (sulfide) groups is 1. The van der Waals surface area contributed by atoms with E-state index in [1.165, 1.54) is 28.6 Å². The summed E-state index contributed by atoms with van der Waals surface area (Å²) in [6.07, 6.45) is 0. The van der Waals surface area contributed by atoms with Gasteiger partial charge in [-0.15, -0.1) is 21.5 Å². The highest BCUT2D eigenvalue weighted by Crippen LogP contribution is 2.28. The molecule has 4 rings (SSSR count). The lowest BCUT2D eigenvalue weighted by Crippen LogP contribution is -2.11. The smallest absolute Gasteiger partial charge is 0.210 e. The summed E-state index contributed by atoms with van der Waals surface area (Å²) in [5, 5.41) is 11.8. The molecule has 2 heterocycles. The molecule has 0 saturated carbocycles. The molecule has 0 radical (unpaired) electrons. The molecular weight excluding hydrogens is 369 g/mol. The molecule has 2 aromatic carbocycles. The van der Waals surface area contributed by atoms with Crippen LogP contribution in [0.15, 0.2) is 65.1 Å². The second-order valence-corrected chi connectivity index (χ2v) is 7.28. The van der Waals surface area contributed by atoms with Gasteiger partial charge in [-0.25, -0.2) is 14.1 Å². The predicted octanol–water partition coefficient (Wildman–Crippen LogP) is 4.21. The van der Waals surface area contributed by atoms with E-state index in [0.29, 0.717) is 22.3 Å². The topological polar surface area (TPSA) is 69.6 Å². The quantitative estimate of drug-likeness (QED) is 0.413. The average molecular weight is 383 g/mol. The molecule has 0 bridgehead atoms. The largest absolute Gasteiger partial charge is 0.335 e. The van der Waals surface area contributed by atoms with Crippen molar-refractivity contribution in [2.24, 2.45) is 0 Å². The molecule has 0 unspecified atom stereocenters. The molecule has 2 aromatic heterocycles. The predicted molar refractivity (Wildman–Crippen MR) is 103 cm³/mol. The number of nitrogen functional groups attached to an aromatic ring is 1. The number of aromatic nitrogens is 4. The van der Waals surface area contributed by atoms with Crippen molar-refractivity contribution in [1.29, 1.82) is 0 Å². The van der Waals surface area contributed by atoms with Crippen LogP contribution in [-0.2, 0) is 5.75 Å². The Labute approximate surface area is 157 Å². The van der Waals surface area contributed by atoms with Gasteiger partial charge in [0.05, 0.1) is 5.69 Å². The lowest BCUT2D eigenvalue weighted by molar-refractivity contribution is 0.628. The van der Waals surface area contributed by atoms with Gasteiger partial charge in [0.2, 0.25) is 5.16 Å². The van der Waals surface area contributed by atoms with Crippen LogP contribution < -0.4 is 5.84 Å². The van der Waals surface area contributed by atoms with Crippen molar-refractivity contribution in [3.05, 3.63) is 71.5 Å². The van der Waals surface area contributed by atoms with E-state index in [4.69, 9.17) is 5.84 Å². The van der Waals surface area contributed by atoms with Crippen LogP contribution in [-0.4, -0.2) is 19.9 Å². The minimum atomic E-state index is -0.302. The molecule has 0 atom stereocenters. The molecule has 130 valence electrons. The van der Waals surface area contributed by atoms with Crippen molar-refractivity contribution in [3.8, 4) is 22.0 Å². The highest BCUT2D eigenvalue weighted by Gasteiger charge is 2.13. The summed E-state index contributed by atoms with van der Waals surface area (Å²) < 4.78 is 14.5. The first kappa shape index (κ1) is 16.7. The molecule has 4 aromatic rings. The molecular formula is C18H14FN5S2. The normalized spacial score (nSPS) is 11.0. The van der Waals surface area contributed by atoms with E-state index in [0.717, 1.165) is 16.3 Å². The Balaban J connectivity index is 1.47. The van der Waals surface area contributed by atoms with Crippen molar-refractivity contribution in [3.63, 3.8) is 0 Å². The number of hydrogen-bond donors (Lipinski definition) is 1. The monoisotopic (exact) mass is 383 g/mol. The molecule has 0 aliphatic carbocycles. The fraction of sp³-hybridized carbons (Fsp3) is 0.0556. The third kappa shape index (κ3) is 3.47. The fourth-order valence-corrected chi connectivity index (χ4v) is 4.08. The molecule has 0 fully saturated rings. The number of halogens is 1. The molecule has 0 spiro atoms. The first-order chi connectivity index (χ1) is 12.7. The molecule has 26 heavy (non-hydrogen) atoms. The van der Waals surface area contributed by atoms with E-state index < -0.39 is 0 Å². The van der Waals surface area contributed by atoms with E-state index in [1.54, 1.807) is 23.5 Å². The molecule has 0 saturated heterocycles. The lowest BCUT2D eigenvalue weighted by atomic mass is 10.2. The van der Waals surface area contributed by atoms with Crippen molar-refractivity contribution in [2.75, 3.05) is 5.84 Å². The number of hydrogen-bond acceptors (Lipinski definition) is 6. The molecule has 0 aliphatic rings. The summed E-state index contributed by atoms with van der Waals surface area (Å²) in [6.45, 7) is 0. The maximum Gasteiger partial charge on any atom is 0.210 e. The fourth-order valence-electron chi connectivity index (χ4n) is 2.40. The summed E-state index contributed by atoms with van der Waals surface area (Å²) >= 11 is 3.07. The van der Waals surface area contributed by atoms with Gasteiger partial charge in [-0.2, -0.15) is 0 Å². The number of nitrogens with two attached hydrogens (primary N) is 1. The van der Waals surface area contributed by atoms with Crippen LogP contribution in [0.3, 0.4) is 0 Å². The summed E-state index contributed by atoms with van der Waals surface area (Å²) in [4.78, 5) is 4.66. The van der Waals surface area contributed by atoms with E-state index in [9.17, 15) is 4.39 Å². The lowest BCUT2D eigenvalue weighted by Gasteiger charge is -2.03. The Kier molecular flexibility index (Phi) is 4.68. The minimum absolute atomic E-state index is 0.302. The van der Waals surface area contributed by atoms with Crippen LogP contribution in [0.4, 0.5) is 4.39 Å². The van der Waals surface area contributed by atoms with Gasteiger partial charge in [0, 0.05) is 22.3 Å². The van der Waals surface area contributed by atoms with Gasteiger partial charge in [0.15, 0.2) is 5.82 Å². The minimum Gasteiger partial charge on any atom is -0.335 e. The highest BCUT2D eigenvalue weighted by atomic mass is 32.2. The first-order valence-corrected chi connectivity index (χ1v) is 9.66. The molecule has 8 heteroatoms. The van der Waals surface area contributed by atoms with Crippen LogP contribution >= 0.6 is 23.1 Å². The first-order valence-electron chi connectivity index (χ1n) is 7.80. The summed E-state index contributed by atoms with van der Waals surface area (Å²) in [7, 11) is 0. The van der Waals surface area contributed by atoms with Crippen LogP contribution in [0.2, 0.25) is 0 Å². The van der Waals surface area contributed by atoms with Gasteiger partial charge in [0.1, 0.15) is 10.8 Å². The Morgan fingerprint density at radius 1 is 1.00 bits per heavy atom. The highest BCUT2D eigenvalue weighted by molar-refractivity contribution is 7.98. The molecule has 5 nitrogen and oxygen atoms in total. The average Bonchev–Trinajstić information content (AvgIpc) is 3.29. The maximum atomic E-state index is 13.1. The Bertz CT molecular complexity index is 1010. The van der Waals surface area contributed by atoms with Gasteiger partial charge < -0.3 is 5.84 Å². The van der Waals surface area contributed by atoms with Gasteiger partial charge in [0.25, 0.3) is 0 Å². The Hall–Kier alpha value is -2.71. The second-order valence-electron chi connectivity index (χ2n) is 5.48. The zero-order valence-corrected chi connectivity index (χ0v) is 15.2. The zero-order chi connectivity index (χ0) is 17.9. The van der Waals surface area contributed by atoms with E-state index in [1.807, 2.05) is 35.7 Å². The van der Waals surface area contributed by atoms with Gasteiger partial charge >= 0.3 is 0 Å². The van der Waals surface area contributed by atoms with Crippen molar-refractivity contribution in [2.45, 2.75) is 10.9 Å². The summed E-state index contributed by atoms with van der Waals surface area (Å²) in [6, 6.07) is 16.1. The number of thiazole rings is 1.